The average Bonchev–Trinajstić information content (AvgIpc) is 3.04. The molecule has 0 saturated heterocycles. The summed E-state index contributed by atoms with van der Waals surface area (Å²) < 4.78 is 0. The number of amides is 1. The van der Waals surface area contributed by atoms with Gasteiger partial charge in [0, 0.05) is 22.2 Å². The topological polar surface area (TPSA) is 54.9 Å². The summed E-state index contributed by atoms with van der Waals surface area (Å²) in [5, 5.41) is 6.81. The van der Waals surface area contributed by atoms with Crippen molar-refractivity contribution in [3.05, 3.63) is 58.0 Å². The van der Waals surface area contributed by atoms with Crippen LogP contribution in [-0.4, -0.2) is 21.1 Å². The molecule has 0 aliphatic rings. The maximum absolute atomic E-state index is 12.3. The first-order valence-electron chi connectivity index (χ1n) is 7.32. The highest BCUT2D eigenvalue weighted by atomic mass is 35.5. The summed E-state index contributed by atoms with van der Waals surface area (Å²) in [6, 6.07) is 10.8. The number of nitrogens with zero attached hydrogens (tertiary/aromatic N) is 2. The van der Waals surface area contributed by atoms with Gasteiger partial charge in [-0.1, -0.05) is 41.0 Å². The number of carbonyl (C=O) groups excluding carboxylic acids is 1. The van der Waals surface area contributed by atoms with Gasteiger partial charge in [0.05, 0.1) is 21.0 Å². The quantitative estimate of drug-likeness (QED) is 0.554. The van der Waals surface area contributed by atoms with E-state index in [1.54, 1.807) is 18.3 Å². The van der Waals surface area contributed by atoms with Crippen LogP contribution >= 0.6 is 46.3 Å². The van der Waals surface area contributed by atoms with E-state index in [1.807, 2.05) is 36.6 Å². The van der Waals surface area contributed by atoms with Gasteiger partial charge in [0.2, 0.25) is 5.91 Å². The van der Waals surface area contributed by atoms with Gasteiger partial charge in [-0.2, -0.15) is 0 Å². The van der Waals surface area contributed by atoms with E-state index < -0.39 is 0 Å². The number of hydrogen-bond donors (Lipinski definition) is 1. The fourth-order valence-electron chi connectivity index (χ4n) is 2.01. The molecule has 2 aromatic heterocycles. The molecule has 25 heavy (non-hydrogen) atoms. The Labute approximate surface area is 163 Å². The van der Waals surface area contributed by atoms with Crippen molar-refractivity contribution in [2.75, 3.05) is 5.32 Å². The molecule has 128 valence electrons. The summed E-state index contributed by atoms with van der Waals surface area (Å²) in [5.41, 5.74) is 1.48. The molecule has 1 unspecified atom stereocenters. The van der Waals surface area contributed by atoms with E-state index in [9.17, 15) is 4.79 Å². The normalized spacial score (nSPS) is 12.0. The fourth-order valence-corrected chi connectivity index (χ4v) is 4.04. The molecule has 1 amide bonds. The van der Waals surface area contributed by atoms with Crippen molar-refractivity contribution < 1.29 is 4.79 Å². The molecule has 8 heteroatoms. The Morgan fingerprint density at radius 3 is 2.84 bits per heavy atom. The molecule has 3 rings (SSSR count). The zero-order chi connectivity index (χ0) is 17.8. The summed E-state index contributed by atoms with van der Waals surface area (Å²) in [6.45, 7) is 1.83. The summed E-state index contributed by atoms with van der Waals surface area (Å²) in [4.78, 5) is 21.0. The molecule has 2 heterocycles. The van der Waals surface area contributed by atoms with Crippen LogP contribution < -0.4 is 5.32 Å². The van der Waals surface area contributed by atoms with Gasteiger partial charge in [0.15, 0.2) is 5.13 Å². The summed E-state index contributed by atoms with van der Waals surface area (Å²) >= 11 is 14.9. The van der Waals surface area contributed by atoms with E-state index in [0.29, 0.717) is 20.9 Å². The smallest absolute Gasteiger partial charge is 0.239 e. The van der Waals surface area contributed by atoms with Crippen LogP contribution in [-0.2, 0) is 4.79 Å². The van der Waals surface area contributed by atoms with Crippen LogP contribution in [0.1, 0.15) is 6.92 Å². The molecule has 0 aliphatic heterocycles. The Morgan fingerprint density at radius 1 is 1.28 bits per heavy atom. The van der Waals surface area contributed by atoms with Crippen molar-refractivity contribution in [1.29, 1.82) is 0 Å². The van der Waals surface area contributed by atoms with Crippen LogP contribution in [0, 0.1) is 0 Å². The number of nitrogens with one attached hydrogen (secondary N) is 1. The molecule has 1 aromatic carbocycles. The lowest BCUT2D eigenvalue weighted by Crippen LogP contribution is -2.22. The minimum atomic E-state index is -0.290. The Hall–Kier alpha value is -1.60. The zero-order valence-corrected chi connectivity index (χ0v) is 16.2. The maximum atomic E-state index is 12.3. The van der Waals surface area contributed by atoms with E-state index in [2.05, 4.69) is 15.3 Å². The molecule has 1 N–H and O–H groups in total. The zero-order valence-electron chi connectivity index (χ0n) is 13.1. The van der Waals surface area contributed by atoms with Crippen LogP contribution in [0.15, 0.2) is 53.0 Å². The third-order valence-corrected chi connectivity index (χ3v) is 5.60. The minimum Gasteiger partial charge on any atom is -0.301 e. The Morgan fingerprint density at radius 2 is 2.12 bits per heavy atom. The van der Waals surface area contributed by atoms with Crippen LogP contribution in [0.2, 0.25) is 10.0 Å². The number of pyridine rings is 1. The number of thioether (sulfide) groups is 1. The summed E-state index contributed by atoms with van der Waals surface area (Å²) in [7, 11) is 0. The van der Waals surface area contributed by atoms with E-state index >= 15 is 0 Å². The monoisotopic (exact) mass is 409 g/mol. The molecule has 0 spiro atoms. The van der Waals surface area contributed by atoms with E-state index in [0.717, 1.165) is 10.6 Å². The fraction of sp³-hybridized carbons (Fsp3) is 0.118. The predicted octanol–water partition coefficient (Wildman–Crippen LogP) is 5.63. The molecular weight excluding hydrogens is 397 g/mol. The summed E-state index contributed by atoms with van der Waals surface area (Å²) in [6.07, 6.45) is 1.70. The molecule has 0 aliphatic carbocycles. The van der Waals surface area contributed by atoms with Crippen molar-refractivity contribution in [2.24, 2.45) is 0 Å². The number of anilines is 1. The molecule has 0 fully saturated rings. The van der Waals surface area contributed by atoms with Gasteiger partial charge in [-0.05, 0) is 37.3 Å². The number of hydrogen-bond acceptors (Lipinski definition) is 5. The van der Waals surface area contributed by atoms with Crippen LogP contribution in [0.3, 0.4) is 0 Å². The molecule has 0 radical (unpaired) electrons. The first-order valence-corrected chi connectivity index (χ1v) is 9.84. The molecule has 0 saturated carbocycles. The number of rotatable bonds is 5. The number of benzene rings is 1. The largest absolute Gasteiger partial charge is 0.301 e. The molecular formula is C17H13Cl2N3OS2. The standard InChI is InChI=1S/C17H13Cl2N3OS2/c1-10(25-15-4-2-3-7-20-15)16(23)22-17-21-14(9-24-17)12-6-5-11(18)8-13(12)19/h2-10H,1H3,(H,21,22,23). The number of thiazole rings is 1. The van der Waals surface area contributed by atoms with Gasteiger partial charge < -0.3 is 5.32 Å². The highest BCUT2D eigenvalue weighted by molar-refractivity contribution is 8.00. The summed E-state index contributed by atoms with van der Waals surface area (Å²) in [5.74, 6) is -0.126. The Kier molecular flexibility index (Phi) is 5.96. The van der Waals surface area contributed by atoms with Crippen molar-refractivity contribution in [2.45, 2.75) is 17.2 Å². The van der Waals surface area contributed by atoms with E-state index in [-0.39, 0.29) is 11.2 Å². The third kappa shape index (κ3) is 4.73. The molecule has 4 nitrogen and oxygen atoms in total. The predicted molar refractivity (Wildman–Crippen MR) is 106 cm³/mol. The van der Waals surface area contributed by atoms with Crippen molar-refractivity contribution in [3.63, 3.8) is 0 Å². The highest BCUT2D eigenvalue weighted by Crippen LogP contribution is 2.32. The SMILES string of the molecule is CC(Sc1ccccn1)C(=O)Nc1nc(-c2ccc(Cl)cc2Cl)cs1. The lowest BCUT2D eigenvalue weighted by atomic mass is 10.2. The molecule has 1 atom stereocenters. The average molecular weight is 410 g/mol. The number of aromatic nitrogens is 2. The lowest BCUT2D eigenvalue weighted by molar-refractivity contribution is -0.115. The second-order valence-electron chi connectivity index (χ2n) is 5.08. The van der Waals surface area contributed by atoms with Gasteiger partial charge in [0.1, 0.15) is 0 Å². The number of carbonyl (C=O) groups is 1. The van der Waals surface area contributed by atoms with Crippen molar-refractivity contribution in [1.82, 2.24) is 9.97 Å². The van der Waals surface area contributed by atoms with Gasteiger partial charge in [0.25, 0.3) is 0 Å². The lowest BCUT2D eigenvalue weighted by Gasteiger charge is -2.09. The van der Waals surface area contributed by atoms with Crippen LogP contribution in [0.25, 0.3) is 11.3 Å². The molecule has 0 bridgehead atoms. The van der Waals surface area contributed by atoms with E-state index in [4.69, 9.17) is 23.2 Å². The molecule has 3 aromatic rings. The number of halogens is 2. The van der Waals surface area contributed by atoms with Crippen molar-refractivity contribution >= 4 is 57.3 Å². The minimum absolute atomic E-state index is 0.126. The second kappa shape index (κ2) is 8.19. The highest BCUT2D eigenvalue weighted by Gasteiger charge is 2.17. The van der Waals surface area contributed by atoms with Gasteiger partial charge >= 0.3 is 0 Å². The van der Waals surface area contributed by atoms with Crippen LogP contribution in [0.4, 0.5) is 5.13 Å². The maximum Gasteiger partial charge on any atom is 0.239 e. The second-order valence-corrected chi connectivity index (χ2v) is 8.14. The van der Waals surface area contributed by atoms with Gasteiger partial charge in [-0.3, -0.25) is 4.79 Å². The Bertz CT molecular complexity index is 887. The van der Waals surface area contributed by atoms with Crippen LogP contribution in [0.5, 0.6) is 0 Å². The Balaban J connectivity index is 1.67. The van der Waals surface area contributed by atoms with Crippen molar-refractivity contribution in [3.8, 4) is 11.3 Å². The van der Waals surface area contributed by atoms with E-state index in [1.165, 1.54) is 23.1 Å². The van der Waals surface area contributed by atoms with Gasteiger partial charge in [-0.15, -0.1) is 11.3 Å². The third-order valence-electron chi connectivity index (χ3n) is 3.25. The first-order chi connectivity index (χ1) is 12.0. The van der Waals surface area contributed by atoms with Gasteiger partial charge in [-0.25, -0.2) is 9.97 Å². The first kappa shape index (κ1) is 18.2.